The van der Waals surface area contributed by atoms with Crippen molar-refractivity contribution in [3.05, 3.63) is 29.8 Å². The molecule has 0 aromatic heterocycles. The van der Waals surface area contributed by atoms with Gasteiger partial charge in [-0.1, -0.05) is 18.2 Å². The van der Waals surface area contributed by atoms with Gasteiger partial charge in [0.15, 0.2) is 0 Å². The topological polar surface area (TPSA) is 67.9 Å². The molecule has 6 nitrogen and oxygen atoms in total. The maximum Gasteiger partial charge on any atom is 0.219 e. The second-order valence-corrected chi connectivity index (χ2v) is 7.69. The summed E-state index contributed by atoms with van der Waals surface area (Å²) in [6.07, 6.45) is 0. The molecule has 1 aromatic rings. The molecule has 1 aliphatic rings. The summed E-state index contributed by atoms with van der Waals surface area (Å²) in [6.45, 7) is 3.52. The zero-order valence-corrected chi connectivity index (χ0v) is 15.3. The molecule has 0 radical (unpaired) electrons. The third-order valence-electron chi connectivity index (χ3n) is 3.93. The molecule has 1 N–H and O–H groups in total. The molecule has 0 spiro atoms. The van der Waals surface area contributed by atoms with Crippen LogP contribution in [-0.4, -0.2) is 58.4 Å². The molecule has 1 saturated heterocycles. The van der Waals surface area contributed by atoms with E-state index in [9.17, 15) is 8.42 Å². The molecule has 2 unspecified atom stereocenters. The van der Waals surface area contributed by atoms with Crippen LogP contribution in [0.4, 0.5) is 0 Å². The van der Waals surface area contributed by atoms with Crippen molar-refractivity contribution in [3.8, 4) is 5.75 Å². The highest BCUT2D eigenvalue weighted by Crippen LogP contribution is 2.32. The minimum absolute atomic E-state index is 0. The lowest BCUT2D eigenvalue weighted by molar-refractivity contribution is 0.194. The average Bonchev–Trinajstić information content (AvgIpc) is 2.55. The smallest absolute Gasteiger partial charge is 0.219 e. The molecule has 1 heterocycles. The summed E-state index contributed by atoms with van der Waals surface area (Å²) in [5.41, 5.74) is 0.880. The Bertz CT molecular complexity index is 597. The van der Waals surface area contributed by atoms with Gasteiger partial charge in [-0.2, -0.15) is 4.31 Å². The number of nitrogens with one attached hydrogen (secondary N) is 1. The number of methoxy groups -OCH3 is 2. The van der Waals surface area contributed by atoms with E-state index in [4.69, 9.17) is 9.47 Å². The molecule has 0 aliphatic carbocycles. The lowest BCUT2D eigenvalue weighted by atomic mass is 10.0. The maximum atomic E-state index is 12.8. The van der Waals surface area contributed by atoms with Crippen LogP contribution in [0.3, 0.4) is 0 Å². The quantitative estimate of drug-likeness (QED) is 0.827. The van der Waals surface area contributed by atoms with Crippen LogP contribution in [0.1, 0.15) is 18.5 Å². The van der Waals surface area contributed by atoms with Crippen LogP contribution in [0, 0.1) is 0 Å². The number of hydrogen-bond donors (Lipinski definition) is 1. The Morgan fingerprint density at radius 2 is 2.04 bits per heavy atom. The van der Waals surface area contributed by atoms with Gasteiger partial charge in [0, 0.05) is 32.3 Å². The fraction of sp³-hybridized carbons (Fsp3) is 0.600. The van der Waals surface area contributed by atoms with E-state index in [0.29, 0.717) is 25.4 Å². The van der Waals surface area contributed by atoms with Gasteiger partial charge >= 0.3 is 0 Å². The molecular formula is C15H25ClN2O4S. The maximum absolute atomic E-state index is 12.8. The van der Waals surface area contributed by atoms with Crippen molar-refractivity contribution in [2.45, 2.75) is 18.2 Å². The van der Waals surface area contributed by atoms with Gasteiger partial charge in [0.1, 0.15) is 5.75 Å². The van der Waals surface area contributed by atoms with Crippen molar-refractivity contribution in [1.29, 1.82) is 0 Å². The second-order valence-electron chi connectivity index (χ2n) is 5.38. The Kier molecular flexibility index (Phi) is 7.76. The van der Waals surface area contributed by atoms with E-state index >= 15 is 0 Å². The summed E-state index contributed by atoms with van der Waals surface area (Å²) in [4.78, 5) is 0. The minimum atomic E-state index is -3.43. The number of rotatable bonds is 6. The fourth-order valence-corrected chi connectivity index (χ4v) is 4.41. The van der Waals surface area contributed by atoms with Gasteiger partial charge in [0.05, 0.1) is 25.0 Å². The third kappa shape index (κ3) is 4.36. The van der Waals surface area contributed by atoms with Crippen LogP contribution >= 0.6 is 12.4 Å². The molecule has 0 amide bonds. The number of hydrogen-bond acceptors (Lipinski definition) is 5. The summed E-state index contributed by atoms with van der Waals surface area (Å²) in [7, 11) is -0.320. The van der Waals surface area contributed by atoms with Crippen molar-refractivity contribution < 1.29 is 17.9 Å². The molecular weight excluding hydrogens is 340 g/mol. The Labute approximate surface area is 144 Å². The Balaban J connectivity index is 0.00000264. The number of sulfonamides is 1. The zero-order chi connectivity index (χ0) is 16.2. The van der Waals surface area contributed by atoms with E-state index in [0.717, 1.165) is 5.56 Å². The minimum Gasteiger partial charge on any atom is -0.496 e. The highest BCUT2D eigenvalue weighted by Gasteiger charge is 2.37. The molecule has 0 bridgehead atoms. The van der Waals surface area contributed by atoms with Gasteiger partial charge < -0.3 is 14.8 Å². The first-order valence-corrected chi connectivity index (χ1v) is 8.86. The van der Waals surface area contributed by atoms with E-state index in [1.807, 2.05) is 24.3 Å². The predicted molar refractivity (Wildman–Crippen MR) is 92.8 cm³/mol. The summed E-state index contributed by atoms with van der Waals surface area (Å²) < 4.78 is 37.7. The average molecular weight is 365 g/mol. The van der Waals surface area contributed by atoms with E-state index < -0.39 is 15.3 Å². The van der Waals surface area contributed by atoms with Gasteiger partial charge in [-0.3, -0.25) is 0 Å². The summed E-state index contributed by atoms with van der Waals surface area (Å²) in [6, 6.07) is 7.28. The van der Waals surface area contributed by atoms with Gasteiger partial charge in [0.2, 0.25) is 10.0 Å². The van der Waals surface area contributed by atoms with E-state index in [-0.39, 0.29) is 25.1 Å². The van der Waals surface area contributed by atoms with E-state index in [2.05, 4.69) is 5.32 Å². The second kappa shape index (κ2) is 8.84. The van der Waals surface area contributed by atoms with Crippen LogP contribution in [0.2, 0.25) is 0 Å². The van der Waals surface area contributed by atoms with E-state index in [1.165, 1.54) is 7.11 Å². The van der Waals surface area contributed by atoms with Crippen LogP contribution in [-0.2, 0) is 14.8 Å². The third-order valence-corrected chi connectivity index (χ3v) is 6.17. The number of halogens is 1. The zero-order valence-electron chi connectivity index (χ0n) is 13.7. The number of piperazine rings is 1. The fourth-order valence-electron chi connectivity index (χ4n) is 2.75. The molecule has 23 heavy (non-hydrogen) atoms. The Morgan fingerprint density at radius 3 is 2.70 bits per heavy atom. The molecule has 8 heteroatoms. The van der Waals surface area contributed by atoms with Crippen molar-refractivity contribution in [3.63, 3.8) is 0 Å². The predicted octanol–water partition coefficient (Wildman–Crippen LogP) is 1.43. The van der Waals surface area contributed by atoms with Crippen LogP contribution in [0.15, 0.2) is 24.3 Å². The first-order chi connectivity index (χ1) is 10.5. The monoisotopic (exact) mass is 364 g/mol. The molecule has 0 saturated carbocycles. The molecule has 2 atom stereocenters. The van der Waals surface area contributed by atoms with Crippen molar-refractivity contribution in [1.82, 2.24) is 9.62 Å². The first kappa shape index (κ1) is 20.2. The number of ether oxygens (including phenoxy) is 2. The molecule has 1 aliphatic heterocycles. The summed E-state index contributed by atoms with van der Waals surface area (Å²) in [5.74, 6) is 0.704. The standard InChI is InChI=1S/C15H24N2O4S.ClH/c1-12(11-20-2)22(18,19)17-9-8-16-10-14(17)13-6-4-5-7-15(13)21-3;/h4-7,12,14,16H,8-11H2,1-3H3;1H. The van der Waals surface area contributed by atoms with Crippen molar-refractivity contribution in [2.24, 2.45) is 0 Å². The molecule has 2 rings (SSSR count). The SMILES string of the molecule is COCC(C)S(=O)(=O)N1CCNCC1c1ccccc1OC.Cl. The largest absolute Gasteiger partial charge is 0.496 e. The Hall–Kier alpha value is -0.860. The van der Waals surface area contributed by atoms with Gasteiger partial charge in [-0.05, 0) is 13.0 Å². The van der Waals surface area contributed by atoms with E-state index in [1.54, 1.807) is 18.3 Å². The van der Waals surface area contributed by atoms with Crippen LogP contribution < -0.4 is 10.1 Å². The highest BCUT2D eigenvalue weighted by molar-refractivity contribution is 7.89. The lowest BCUT2D eigenvalue weighted by Gasteiger charge is -2.37. The molecule has 132 valence electrons. The van der Waals surface area contributed by atoms with Gasteiger partial charge in [-0.25, -0.2) is 8.42 Å². The summed E-state index contributed by atoms with van der Waals surface area (Å²) in [5, 5.41) is 2.69. The number of benzene rings is 1. The molecule has 1 aromatic carbocycles. The molecule has 1 fully saturated rings. The normalized spacial score (nSPS) is 20.6. The highest BCUT2D eigenvalue weighted by atomic mass is 35.5. The van der Waals surface area contributed by atoms with Crippen LogP contribution in [0.5, 0.6) is 5.75 Å². The first-order valence-electron chi connectivity index (χ1n) is 7.35. The van der Waals surface area contributed by atoms with Crippen LogP contribution in [0.25, 0.3) is 0 Å². The number of para-hydroxylation sites is 1. The van der Waals surface area contributed by atoms with Gasteiger partial charge in [-0.15, -0.1) is 12.4 Å². The van der Waals surface area contributed by atoms with Crippen molar-refractivity contribution >= 4 is 22.4 Å². The van der Waals surface area contributed by atoms with Gasteiger partial charge in [0.25, 0.3) is 0 Å². The summed E-state index contributed by atoms with van der Waals surface area (Å²) >= 11 is 0. The van der Waals surface area contributed by atoms with Crippen molar-refractivity contribution in [2.75, 3.05) is 40.5 Å². The lowest BCUT2D eigenvalue weighted by Crippen LogP contribution is -2.51. The number of nitrogens with zero attached hydrogens (tertiary/aromatic N) is 1. The Morgan fingerprint density at radius 1 is 1.35 bits per heavy atom.